The van der Waals surface area contributed by atoms with Crippen molar-refractivity contribution in [3.05, 3.63) is 90.0 Å². The molecule has 0 saturated carbocycles. The normalized spacial score (nSPS) is 13.5. The van der Waals surface area contributed by atoms with Crippen LogP contribution in [-0.2, 0) is 16.1 Å². The summed E-state index contributed by atoms with van der Waals surface area (Å²) in [4.78, 5) is 38.7. The van der Waals surface area contributed by atoms with Crippen molar-refractivity contribution < 1.29 is 14.4 Å². The Kier molecular flexibility index (Phi) is 7.15. The van der Waals surface area contributed by atoms with Crippen LogP contribution >= 0.6 is 0 Å². The number of nitrogens with one attached hydrogen (secondary N) is 2. The number of carbonyl (C=O) groups is 3. The molecule has 0 bridgehead atoms. The third-order valence-electron chi connectivity index (χ3n) is 5.67. The van der Waals surface area contributed by atoms with Gasteiger partial charge in [0.05, 0.1) is 6.54 Å². The fraction of sp³-hybridized carbons (Fsp3) is 0.222. The van der Waals surface area contributed by atoms with Crippen LogP contribution in [-0.4, -0.2) is 35.7 Å². The van der Waals surface area contributed by atoms with Gasteiger partial charge in [-0.15, -0.1) is 0 Å². The van der Waals surface area contributed by atoms with Crippen LogP contribution in [0.4, 0.5) is 5.69 Å². The number of rotatable bonds is 7. The quantitative estimate of drug-likeness (QED) is 0.576. The Morgan fingerprint density at radius 1 is 0.848 bits per heavy atom. The van der Waals surface area contributed by atoms with Crippen molar-refractivity contribution in [3.63, 3.8) is 0 Å². The van der Waals surface area contributed by atoms with Gasteiger partial charge in [-0.25, -0.2) is 0 Å². The first-order chi connectivity index (χ1) is 16.1. The zero-order chi connectivity index (χ0) is 23.0. The van der Waals surface area contributed by atoms with E-state index in [-0.39, 0.29) is 24.3 Å². The van der Waals surface area contributed by atoms with Crippen LogP contribution in [0.15, 0.2) is 78.9 Å². The number of nitrogens with zero attached hydrogens (tertiary/aromatic N) is 1. The van der Waals surface area contributed by atoms with E-state index < -0.39 is 0 Å². The molecule has 1 fully saturated rings. The second kappa shape index (κ2) is 10.6. The number of benzene rings is 3. The van der Waals surface area contributed by atoms with Crippen molar-refractivity contribution >= 4 is 23.4 Å². The lowest BCUT2D eigenvalue weighted by Gasteiger charge is -2.26. The molecule has 0 atom stereocenters. The lowest BCUT2D eigenvalue weighted by molar-refractivity contribution is -0.133. The molecule has 168 valence electrons. The third kappa shape index (κ3) is 6.07. The zero-order valence-corrected chi connectivity index (χ0v) is 18.4. The van der Waals surface area contributed by atoms with E-state index in [1.54, 1.807) is 18.2 Å². The van der Waals surface area contributed by atoms with Crippen LogP contribution in [0.2, 0.25) is 0 Å². The first-order valence-electron chi connectivity index (χ1n) is 11.2. The predicted molar refractivity (Wildman–Crippen MR) is 129 cm³/mol. The Labute approximate surface area is 193 Å². The van der Waals surface area contributed by atoms with E-state index in [1.807, 2.05) is 65.6 Å². The molecule has 33 heavy (non-hydrogen) atoms. The fourth-order valence-electron chi connectivity index (χ4n) is 3.91. The Balaban J connectivity index is 1.28. The van der Waals surface area contributed by atoms with E-state index >= 15 is 0 Å². The lowest BCUT2D eigenvalue weighted by Crippen LogP contribution is -2.34. The average molecular weight is 442 g/mol. The van der Waals surface area contributed by atoms with E-state index in [4.69, 9.17) is 0 Å². The molecule has 0 unspecified atom stereocenters. The van der Waals surface area contributed by atoms with E-state index in [0.717, 1.165) is 36.1 Å². The van der Waals surface area contributed by atoms with Crippen molar-refractivity contribution in [3.8, 4) is 11.1 Å². The molecule has 0 spiro atoms. The summed E-state index contributed by atoms with van der Waals surface area (Å²) in [6.07, 6.45) is 2.58. The molecule has 3 amide bonds. The van der Waals surface area contributed by atoms with Crippen LogP contribution in [0.25, 0.3) is 11.1 Å². The smallest absolute Gasteiger partial charge is 0.251 e. The summed E-state index contributed by atoms with van der Waals surface area (Å²) in [5.74, 6) is -0.437. The van der Waals surface area contributed by atoms with Gasteiger partial charge in [0, 0.05) is 30.8 Å². The van der Waals surface area contributed by atoms with Crippen molar-refractivity contribution in [2.45, 2.75) is 25.8 Å². The maximum Gasteiger partial charge on any atom is 0.251 e. The first-order valence-corrected chi connectivity index (χ1v) is 11.2. The molecule has 0 radical (unpaired) electrons. The average Bonchev–Trinajstić information content (AvgIpc) is 2.85. The summed E-state index contributed by atoms with van der Waals surface area (Å²) in [6.45, 7) is 1.18. The van der Waals surface area contributed by atoms with Crippen LogP contribution in [0.1, 0.15) is 35.2 Å². The molecular formula is C27H27N3O3. The number of likely N-dealkylation sites (tertiary alicyclic amines) is 1. The third-order valence-corrected chi connectivity index (χ3v) is 5.67. The Hall–Kier alpha value is -3.93. The molecule has 0 aliphatic carbocycles. The van der Waals surface area contributed by atoms with Crippen molar-refractivity contribution in [2.75, 3.05) is 18.4 Å². The minimum absolute atomic E-state index is 0.131. The van der Waals surface area contributed by atoms with Crippen LogP contribution in [0, 0.1) is 0 Å². The van der Waals surface area contributed by atoms with Crippen LogP contribution in [0.5, 0.6) is 0 Å². The van der Waals surface area contributed by atoms with Crippen molar-refractivity contribution in [1.29, 1.82) is 0 Å². The highest BCUT2D eigenvalue weighted by Crippen LogP contribution is 2.19. The van der Waals surface area contributed by atoms with E-state index in [9.17, 15) is 14.4 Å². The fourth-order valence-corrected chi connectivity index (χ4v) is 3.91. The number of amides is 3. The van der Waals surface area contributed by atoms with Gasteiger partial charge >= 0.3 is 0 Å². The summed E-state index contributed by atoms with van der Waals surface area (Å²) < 4.78 is 0. The molecule has 0 aromatic heterocycles. The monoisotopic (exact) mass is 441 g/mol. The molecule has 1 aliphatic heterocycles. The van der Waals surface area contributed by atoms with Gasteiger partial charge < -0.3 is 15.5 Å². The van der Waals surface area contributed by atoms with Gasteiger partial charge in [-0.05, 0) is 53.8 Å². The van der Waals surface area contributed by atoms with E-state index in [1.165, 1.54) is 0 Å². The number of carbonyl (C=O) groups excluding carboxylic acids is 3. The summed E-state index contributed by atoms with van der Waals surface area (Å²) in [7, 11) is 0. The van der Waals surface area contributed by atoms with E-state index in [0.29, 0.717) is 24.2 Å². The molecule has 4 rings (SSSR count). The highest BCUT2D eigenvalue weighted by molar-refractivity contribution is 5.99. The molecule has 2 N–H and O–H groups in total. The van der Waals surface area contributed by atoms with Gasteiger partial charge in [0.2, 0.25) is 11.8 Å². The molecular weight excluding hydrogens is 414 g/mol. The number of hydrogen-bond acceptors (Lipinski definition) is 3. The Morgan fingerprint density at radius 2 is 1.61 bits per heavy atom. The lowest BCUT2D eigenvalue weighted by atomic mass is 10.0. The number of hydrogen-bond donors (Lipinski definition) is 2. The van der Waals surface area contributed by atoms with Crippen molar-refractivity contribution in [2.24, 2.45) is 0 Å². The highest BCUT2D eigenvalue weighted by atomic mass is 16.2. The van der Waals surface area contributed by atoms with Gasteiger partial charge in [0.15, 0.2) is 0 Å². The molecule has 1 heterocycles. The second-order valence-electron chi connectivity index (χ2n) is 8.15. The van der Waals surface area contributed by atoms with Crippen LogP contribution < -0.4 is 10.6 Å². The molecule has 1 aliphatic rings. The molecule has 3 aromatic rings. The predicted octanol–water partition coefficient (Wildman–Crippen LogP) is 4.23. The molecule has 1 saturated heterocycles. The Bertz CT molecular complexity index is 1130. The largest absolute Gasteiger partial charge is 0.343 e. The van der Waals surface area contributed by atoms with Gasteiger partial charge in [0.25, 0.3) is 5.91 Å². The maximum atomic E-state index is 12.4. The van der Waals surface area contributed by atoms with Gasteiger partial charge in [-0.1, -0.05) is 54.6 Å². The zero-order valence-electron chi connectivity index (χ0n) is 18.4. The summed E-state index contributed by atoms with van der Waals surface area (Å²) in [5, 5.41) is 5.47. The van der Waals surface area contributed by atoms with Crippen molar-refractivity contribution in [1.82, 2.24) is 10.2 Å². The second-order valence-corrected chi connectivity index (χ2v) is 8.15. The minimum Gasteiger partial charge on any atom is -0.343 e. The van der Waals surface area contributed by atoms with E-state index in [2.05, 4.69) is 10.6 Å². The summed E-state index contributed by atoms with van der Waals surface area (Å²) in [6, 6.07) is 24.7. The van der Waals surface area contributed by atoms with Gasteiger partial charge in [-0.3, -0.25) is 14.4 Å². The van der Waals surface area contributed by atoms with Gasteiger partial charge in [-0.2, -0.15) is 0 Å². The Morgan fingerprint density at radius 3 is 2.36 bits per heavy atom. The molecule has 3 aromatic carbocycles. The maximum absolute atomic E-state index is 12.4. The highest BCUT2D eigenvalue weighted by Gasteiger charge is 2.18. The number of piperidine rings is 1. The standard InChI is InChI=1S/C27H27N3O3/c31-25(29-24-10-6-7-20(17-24)19-30-16-5-4-11-26(30)32)18-28-27(33)23-14-12-22(13-15-23)21-8-2-1-3-9-21/h1-3,6-10,12-15,17H,4-5,11,16,18-19H2,(H,28,33)(H,29,31). The summed E-state index contributed by atoms with van der Waals surface area (Å²) >= 11 is 0. The van der Waals surface area contributed by atoms with Gasteiger partial charge in [0.1, 0.15) is 0 Å². The minimum atomic E-state index is -0.310. The number of anilines is 1. The topological polar surface area (TPSA) is 78.5 Å². The van der Waals surface area contributed by atoms with Crippen LogP contribution in [0.3, 0.4) is 0 Å². The molecule has 6 heteroatoms. The summed E-state index contributed by atoms with van der Waals surface area (Å²) in [5.41, 5.74) is 4.21. The first kappa shape index (κ1) is 22.3. The molecule has 6 nitrogen and oxygen atoms in total. The SMILES string of the molecule is O=C(CNC(=O)c1ccc(-c2ccccc2)cc1)Nc1cccc(CN2CCCCC2=O)c1.